The summed E-state index contributed by atoms with van der Waals surface area (Å²) >= 11 is 1.68. The largest absolute Gasteiger partial charge is 0.322 e. The van der Waals surface area contributed by atoms with Crippen molar-refractivity contribution in [2.75, 3.05) is 10.7 Å². The quantitative estimate of drug-likeness (QED) is 0.177. The van der Waals surface area contributed by atoms with Crippen LogP contribution in [-0.4, -0.2) is 26.6 Å². The highest BCUT2D eigenvalue weighted by Gasteiger charge is 2.28. The minimum atomic E-state index is -0.503. The van der Waals surface area contributed by atoms with Gasteiger partial charge in [-0.2, -0.15) is 5.10 Å². The fraction of sp³-hybridized carbons (Fsp3) is 0.222. The van der Waals surface area contributed by atoms with E-state index >= 15 is 0 Å². The molecule has 0 spiro atoms. The highest BCUT2D eigenvalue weighted by molar-refractivity contribution is 7.15. The number of pyridine rings is 1. The van der Waals surface area contributed by atoms with Gasteiger partial charge in [0.25, 0.3) is 5.91 Å². The highest BCUT2D eigenvalue weighted by atomic mass is 32.1. The summed E-state index contributed by atoms with van der Waals surface area (Å²) in [6.45, 7) is 3.98. The number of thiophene rings is 1. The molecule has 3 aromatic heterocycles. The number of hydrogen-bond acceptors (Lipinski definition) is 7. The number of fused-ring (bicyclic) bond motifs is 1. The number of aromatic nitrogens is 2. The van der Waals surface area contributed by atoms with Gasteiger partial charge in [-0.1, -0.05) is 18.2 Å². The van der Waals surface area contributed by atoms with Crippen LogP contribution in [0.15, 0.2) is 59.8 Å². The fourth-order valence-electron chi connectivity index (χ4n) is 4.68. The summed E-state index contributed by atoms with van der Waals surface area (Å²) in [4.78, 5) is 29.6. The van der Waals surface area contributed by atoms with E-state index in [0.717, 1.165) is 64.4 Å². The van der Waals surface area contributed by atoms with Crippen molar-refractivity contribution in [3.05, 3.63) is 97.8 Å². The normalized spacial score (nSPS) is 12.9. The number of anilines is 2. The Kier molecular flexibility index (Phi) is 6.82. The average molecular weight is 515 g/mol. The van der Waals surface area contributed by atoms with Gasteiger partial charge in [0.2, 0.25) is 5.82 Å². The second-order valence-electron chi connectivity index (χ2n) is 8.87. The van der Waals surface area contributed by atoms with Crippen molar-refractivity contribution in [1.29, 1.82) is 0 Å². The Morgan fingerprint density at radius 3 is 2.73 bits per heavy atom. The lowest BCUT2D eigenvalue weighted by molar-refractivity contribution is -0.384. The molecule has 1 aliphatic rings. The molecule has 0 fully saturated rings. The van der Waals surface area contributed by atoms with Crippen molar-refractivity contribution in [3.8, 4) is 5.00 Å². The van der Waals surface area contributed by atoms with Crippen molar-refractivity contribution in [1.82, 2.24) is 9.55 Å². The summed E-state index contributed by atoms with van der Waals surface area (Å²) in [5.74, 6) is -0.0317. The van der Waals surface area contributed by atoms with Crippen molar-refractivity contribution in [3.63, 3.8) is 0 Å². The van der Waals surface area contributed by atoms with Gasteiger partial charge in [-0.3, -0.25) is 20.3 Å². The molecule has 5 rings (SSSR count). The Balaban J connectivity index is 1.49. The summed E-state index contributed by atoms with van der Waals surface area (Å²) in [6, 6.07) is 14.4. The van der Waals surface area contributed by atoms with Gasteiger partial charge in [-0.25, -0.2) is 4.98 Å². The van der Waals surface area contributed by atoms with Crippen LogP contribution in [0.5, 0.6) is 0 Å². The number of hydrazone groups is 1. The molecule has 2 N–H and O–H groups in total. The molecule has 1 aliphatic carbocycles. The molecule has 0 saturated carbocycles. The molecule has 37 heavy (non-hydrogen) atoms. The zero-order valence-corrected chi connectivity index (χ0v) is 21.3. The summed E-state index contributed by atoms with van der Waals surface area (Å²) in [5.41, 5.74) is 7.90. The molecule has 1 aromatic carbocycles. The van der Waals surface area contributed by atoms with Gasteiger partial charge in [-0.15, -0.1) is 11.3 Å². The number of nitrogens with zero attached hydrogens (tertiary/aromatic N) is 4. The van der Waals surface area contributed by atoms with Crippen LogP contribution >= 0.6 is 11.3 Å². The SMILES string of the molecule is Cc1cc(/C=N\Nc2ncccc2[N+](=O)[O-])c(C)n1-c1sc2c(c1C(=O)Nc1ccccc1)CCCC2. The Hall–Kier alpha value is -4.31. The third kappa shape index (κ3) is 4.88. The lowest BCUT2D eigenvalue weighted by Gasteiger charge is -2.14. The maximum Gasteiger partial charge on any atom is 0.313 e. The molecule has 0 atom stereocenters. The first-order valence-electron chi connectivity index (χ1n) is 12.0. The topological polar surface area (TPSA) is 114 Å². The first-order valence-corrected chi connectivity index (χ1v) is 12.8. The number of amides is 1. The number of carbonyl (C=O) groups is 1. The van der Waals surface area contributed by atoms with Crippen LogP contribution in [0.3, 0.4) is 0 Å². The first kappa shape index (κ1) is 24.4. The van der Waals surface area contributed by atoms with Crippen LogP contribution in [-0.2, 0) is 12.8 Å². The predicted octanol–water partition coefficient (Wildman–Crippen LogP) is 6.04. The van der Waals surface area contributed by atoms with E-state index in [1.54, 1.807) is 17.6 Å². The lowest BCUT2D eigenvalue weighted by atomic mass is 9.95. The van der Waals surface area contributed by atoms with Crippen LogP contribution in [0.2, 0.25) is 0 Å². The molecule has 1 amide bonds. The van der Waals surface area contributed by atoms with E-state index in [-0.39, 0.29) is 17.4 Å². The second-order valence-corrected chi connectivity index (χ2v) is 9.95. The smallest absolute Gasteiger partial charge is 0.313 e. The van der Waals surface area contributed by atoms with E-state index in [0.29, 0.717) is 0 Å². The summed E-state index contributed by atoms with van der Waals surface area (Å²) in [5, 5.41) is 19.4. The monoisotopic (exact) mass is 514 g/mol. The molecule has 9 nitrogen and oxygen atoms in total. The fourth-order valence-corrected chi connectivity index (χ4v) is 6.18. The molecule has 4 aromatic rings. The van der Waals surface area contributed by atoms with Crippen molar-refractivity contribution < 1.29 is 9.72 Å². The number of nitrogens with one attached hydrogen (secondary N) is 2. The average Bonchev–Trinajstić information content (AvgIpc) is 3.40. The van der Waals surface area contributed by atoms with Crippen LogP contribution in [0.1, 0.15) is 50.6 Å². The molecule has 0 radical (unpaired) electrons. The first-order chi connectivity index (χ1) is 17.9. The molecule has 188 valence electrons. The lowest BCUT2D eigenvalue weighted by Crippen LogP contribution is -2.17. The number of carbonyl (C=O) groups excluding carboxylic acids is 1. The summed E-state index contributed by atoms with van der Waals surface area (Å²) in [6.07, 6.45) is 7.16. The maximum atomic E-state index is 13.6. The summed E-state index contributed by atoms with van der Waals surface area (Å²) in [7, 11) is 0. The Labute approximate surface area is 218 Å². The van der Waals surface area contributed by atoms with Gasteiger partial charge in [0.05, 0.1) is 16.7 Å². The van der Waals surface area contributed by atoms with Crippen LogP contribution in [0.25, 0.3) is 5.00 Å². The van der Waals surface area contributed by atoms with Crippen LogP contribution in [0.4, 0.5) is 17.2 Å². The number of nitro groups is 1. The van der Waals surface area contributed by atoms with E-state index in [9.17, 15) is 14.9 Å². The standard InChI is InChI=1S/C27H26N6O3S/c1-17-15-19(16-29-31-25-22(33(35)36)12-8-14-28-25)18(2)32(17)27-24(21-11-6-7-13-23(21)37-27)26(34)30-20-9-4-3-5-10-20/h3-5,8-10,12,14-16H,6-7,11,13H2,1-2H3,(H,28,31)(H,30,34)/b29-16-. The van der Waals surface area contributed by atoms with Gasteiger partial charge in [0, 0.05) is 39.8 Å². The van der Waals surface area contributed by atoms with Gasteiger partial charge in [0.15, 0.2) is 0 Å². The van der Waals surface area contributed by atoms with Crippen molar-refractivity contribution in [2.45, 2.75) is 39.5 Å². The van der Waals surface area contributed by atoms with E-state index in [4.69, 9.17) is 0 Å². The number of benzene rings is 1. The zero-order valence-electron chi connectivity index (χ0n) is 20.5. The number of para-hydroxylation sites is 1. The maximum absolute atomic E-state index is 13.6. The Bertz CT molecular complexity index is 1510. The molecular formula is C27H26N6O3S. The van der Waals surface area contributed by atoms with E-state index in [1.807, 2.05) is 50.2 Å². The molecular weight excluding hydrogens is 488 g/mol. The zero-order chi connectivity index (χ0) is 25.9. The third-order valence-corrected chi connectivity index (χ3v) is 7.72. The highest BCUT2D eigenvalue weighted by Crippen LogP contribution is 2.39. The van der Waals surface area contributed by atoms with Gasteiger partial charge in [-0.05, 0) is 69.4 Å². The van der Waals surface area contributed by atoms with E-state index in [1.165, 1.54) is 23.2 Å². The van der Waals surface area contributed by atoms with E-state index < -0.39 is 4.92 Å². The summed E-state index contributed by atoms with van der Waals surface area (Å²) < 4.78 is 2.10. The van der Waals surface area contributed by atoms with Gasteiger partial charge in [0.1, 0.15) is 5.00 Å². The van der Waals surface area contributed by atoms with E-state index in [2.05, 4.69) is 25.4 Å². The number of aryl methyl sites for hydroxylation is 2. The molecule has 3 heterocycles. The Morgan fingerprint density at radius 2 is 1.95 bits per heavy atom. The van der Waals surface area contributed by atoms with Gasteiger partial charge < -0.3 is 9.88 Å². The molecule has 0 bridgehead atoms. The molecule has 0 unspecified atom stereocenters. The number of hydrogen-bond donors (Lipinski definition) is 2. The minimum absolute atomic E-state index is 0.0726. The van der Waals surface area contributed by atoms with Crippen LogP contribution in [0, 0.1) is 24.0 Å². The number of rotatable bonds is 7. The second kappa shape index (κ2) is 10.4. The van der Waals surface area contributed by atoms with Crippen molar-refractivity contribution >= 4 is 40.7 Å². The molecule has 10 heteroatoms. The van der Waals surface area contributed by atoms with Crippen molar-refractivity contribution in [2.24, 2.45) is 5.10 Å². The predicted molar refractivity (Wildman–Crippen MR) is 146 cm³/mol. The Morgan fingerprint density at radius 1 is 1.16 bits per heavy atom. The van der Waals surface area contributed by atoms with Crippen LogP contribution < -0.4 is 10.7 Å². The molecule has 0 saturated heterocycles. The minimum Gasteiger partial charge on any atom is -0.322 e. The third-order valence-electron chi connectivity index (χ3n) is 6.44. The molecule has 0 aliphatic heterocycles. The van der Waals surface area contributed by atoms with Gasteiger partial charge >= 0.3 is 5.69 Å².